The Labute approximate surface area is 148 Å². The largest absolute Gasteiger partial charge is 0.454 e. The van der Waals surface area contributed by atoms with Crippen LogP contribution >= 0.6 is 0 Å². The van der Waals surface area contributed by atoms with Crippen LogP contribution in [-0.4, -0.2) is 43.9 Å². The van der Waals surface area contributed by atoms with Crippen LogP contribution in [0.5, 0.6) is 11.5 Å². The lowest BCUT2D eigenvalue weighted by molar-refractivity contribution is 0.174. The number of hydrogen-bond donors (Lipinski definition) is 2. The second-order valence-corrected chi connectivity index (χ2v) is 6.66. The molecular weight excluding hydrogens is 314 g/mol. The quantitative estimate of drug-likeness (QED) is 0.847. The maximum absolute atomic E-state index is 5.42. The fourth-order valence-corrected chi connectivity index (χ4v) is 3.47. The van der Waals surface area contributed by atoms with E-state index in [0.29, 0.717) is 12.8 Å². The third-order valence-electron chi connectivity index (χ3n) is 4.78. The Bertz CT molecular complexity index is 693. The third kappa shape index (κ3) is 4.24. The molecule has 0 spiro atoms. The summed E-state index contributed by atoms with van der Waals surface area (Å²) in [5.41, 5.74) is 2.47. The second-order valence-electron chi connectivity index (χ2n) is 6.66. The SMILES string of the molecule is c1ccc(CN2CCNC(CCNc3ccc4c(c3)OCO4)C2)cc1. The van der Waals surface area contributed by atoms with Crippen molar-refractivity contribution in [3.05, 3.63) is 54.1 Å². The van der Waals surface area contributed by atoms with Crippen LogP contribution in [-0.2, 0) is 6.54 Å². The minimum absolute atomic E-state index is 0.321. The summed E-state index contributed by atoms with van der Waals surface area (Å²) < 4.78 is 10.8. The molecule has 2 aliphatic heterocycles. The number of benzene rings is 2. The molecule has 1 fully saturated rings. The van der Waals surface area contributed by atoms with Crippen molar-refractivity contribution >= 4 is 5.69 Å². The van der Waals surface area contributed by atoms with Crippen LogP contribution in [0.3, 0.4) is 0 Å². The average molecular weight is 339 g/mol. The van der Waals surface area contributed by atoms with E-state index in [4.69, 9.17) is 9.47 Å². The molecule has 0 saturated carbocycles. The van der Waals surface area contributed by atoms with Gasteiger partial charge >= 0.3 is 0 Å². The molecule has 132 valence electrons. The molecule has 0 radical (unpaired) electrons. The highest BCUT2D eigenvalue weighted by molar-refractivity contribution is 5.55. The molecule has 5 nitrogen and oxygen atoms in total. The first-order valence-electron chi connectivity index (χ1n) is 9.00. The number of rotatable bonds is 6. The van der Waals surface area contributed by atoms with E-state index in [0.717, 1.165) is 56.3 Å². The van der Waals surface area contributed by atoms with E-state index in [-0.39, 0.29) is 0 Å². The van der Waals surface area contributed by atoms with Gasteiger partial charge in [0.2, 0.25) is 6.79 Å². The average Bonchev–Trinajstić information content (AvgIpc) is 3.11. The molecule has 0 aliphatic carbocycles. The van der Waals surface area contributed by atoms with Crippen LogP contribution in [0.1, 0.15) is 12.0 Å². The smallest absolute Gasteiger partial charge is 0.231 e. The summed E-state index contributed by atoms with van der Waals surface area (Å²) in [7, 11) is 0. The molecule has 5 heteroatoms. The van der Waals surface area contributed by atoms with Crippen LogP contribution in [0.2, 0.25) is 0 Å². The first kappa shape index (κ1) is 16.2. The minimum atomic E-state index is 0.321. The van der Waals surface area contributed by atoms with Crippen molar-refractivity contribution in [3.8, 4) is 11.5 Å². The highest BCUT2D eigenvalue weighted by Crippen LogP contribution is 2.34. The molecule has 0 amide bonds. The summed E-state index contributed by atoms with van der Waals surface area (Å²) in [6.45, 7) is 5.56. The van der Waals surface area contributed by atoms with Gasteiger partial charge in [0.15, 0.2) is 11.5 Å². The summed E-state index contributed by atoms with van der Waals surface area (Å²) in [4.78, 5) is 2.54. The fourth-order valence-electron chi connectivity index (χ4n) is 3.47. The van der Waals surface area contributed by atoms with E-state index in [1.807, 2.05) is 18.2 Å². The molecule has 25 heavy (non-hydrogen) atoms. The molecule has 2 aromatic carbocycles. The van der Waals surface area contributed by atoms with Gasteiger partial charge in [-0.3, -0.25) is 4.90 Å². The molecule has 2 N–H and O–H groups in total. The Balaban J connectivity index is 1.24. The molecule has 2 heterocycles. The highest BCUT2D eigenvalue weighted by atomic mass is 16.7. The van der Waals surface area contributed by atoms with Crippen LogP contribution in [0.15, 0.2) is 48.5 Å². The second kappa shape index (κ2) is 7.76. The molecule has 1 atom stereocenters. The molecular formula is C20H25N3O2. The lowest BCUT2D eigenvalue weighted by Gasteiger charge is -2.34. The summed E-state index contributed by atoms with van der Waals surface area (Å²) in [5, 5.41) is 7.13. The maximum atomic E-state index is 5.42. The topological polar surface area (TPSA) is 45.8 Å². The van der Waals surface area contributed by atoms with Gasteiger partial charge in [-0.1, -0.05) is 30.3 Å². The first-order valence-corrected chi connectivity index (χ1v) is 9.00. The number of nitrogens with one attached hydrogen (secondary N) is 2. The van der Waals surface area contributed by atoms with Gasteiger partial charge in [0, 0.05) is 50.5 Å². The van der Waals surface area contributed by atoms with E-state index >= 15 is 0 Å². The lowest BCUT2D eigenvalue weighted by atomic mass is 10.1. The Kier molecular flexibility index (Phi) is 5.04. The van der Waals surface area contributed by atoms with Gasteiger partial charge in [0.25, 0.3) is 0 Å². The Morgan fingerprint density at radius 3 is 2.88 bits per heavy atom. The van der Waals surface area contributed by atoms with Gasteiger partial charge in [-0.15, -0.1) is 0 Å². The minimum Gasteiger partial charge on any atom is -0.454 e. The molecule has 1 unspecified atom stereocenters. The van der Waals surface area contributed by atoms with Crippen molar-refractivity contribution in [3.63, 3.8) is 0 Å². The molecule has 0 aromatic heterocycles. The van der Waals surface area contributed by atoms with Crippen molar-refractivity contribution in [1.82, 2.24) is 10.2 Å². The zero-order valence-electron chi connectivity index (χ0n) is 14.4. The standard InChI is InChI=1S/C20H25N3O2/c1-2-4-16(5-3-1)13-23-11-10-22-18(14-23)8-9-21-17-6-7-19-20(12-17)25-15-24-19/h1-7,12,18,21-22H,8-11,13-15H2. The van der Waals surface area contributed by atoms with Gasteiger partial charge in [-0.25, -0.2) is 0 Å². The lowest BCUT2D eigenvalue weighted by Crippen LogP contribution is -2.50. The Hall–Kier alpha value is -2.24. The number of nitrogens with zero attached hydrogens (tertiary/aromatic N) is 1. The van der Waals surface area contributed by atoms with E-state index in [9.17, 15) is 0 Å². The number of hydrogen-bond acceptors (Lipinski definition) is 5. The number of fused-ring (bicyclic) bond motifs is 1. The fraction of sp³-hybridized carbons (Fsp3) is 0.400. The third-order valence-corrected chi connectivity index (χ3v) is 4.78. The van der Waals surface area contributed by atoms with Gasteiger partial charge in [0.1, 0.15) is 0 Å². The van der Waals surface area contributed by atoms with E-state index in [1.54, 1.807) is 0 Å². The summed E-state index contributed by atoms with van der Waals surface area (Å²) in [5.74, 6) is 1.66. The van der Waals surface area contributed by atoms with E-state index in [2.05, 4.69) is 45.9 Å². The van der Waals surface area contributed by atoms with Crippen molar-refractivity contribution in [2.75, 3.05) is 38.3 Å². The van der Waals surface area contributed by atoms with Gasteiger partial charge in [-0.05, 0) is 24.1 Å². The number of anilines is 1. The maximum Gasteiger partial charge on any atom is 0.231 e. The van der Waals surface area contributed by atoms with Crippen molar-refractivity contribution < 1.29 is 9.47 Å². The summed E-state index contributed by atoms with van der Waals surface area (Å²) in [6, 6.07) is 17.3. The molecule has 1 saturated heterocycles. The number of ether oxygens (including phenoxy) is 2. The van der Waals surface area contributed by atoms with E-state index < -0.39 is 0 Å². The van der Waals surface area contributed by atoms with Crippen LogP contribution < -0.4 is 20.1 Å². The normalized spacial score (nSPS) is 19.8. The van der Waals surface area contributed by atoms with Gasteiger partial charge in [0.05, 0.1) is 0 Å². The van der Waals surface area contributed by atoms with Crippen LogP contribution in [0, 0.1) is 0 Å². The molecule has 0 bridgehead atoms. The monoisotopic (exact) mass is 339 g/mol. The predicted molar refractivity (Wildman–Crippen MR) is 99.2 cm³/mol. The van der Waals surface area contributed by atoms with Crippen molar-refractivity contribution in [2.24, 2.45) is 0 Å². The Morgan fingerprint density at radius 2 is 1.96 bits per heavy atom. The molecule has 4 rings (SSSR count). The number of piperazine rings is 1. The highest BCUT2D eigenvalue weighted by Gasteiger charge is 2.19. The first-order chi connectivity index (χ1) is 12.4. The van der Waals surface area contributed by atoms with E-state index in [1.165, 1.54) is 5.56 Å². The van der Waals surface area contributed by atoms with Gasteiger partial charge < -0.3 is 20.1 Å². The van der Waals surface area contributed by atoms with Crippen molar-refractivity contribution in [1.29, 1.82) is 0 Å². The summed E-state index contributed by atoms with van der Waals surface area (Å²) >= 11 is 0. The Morgan fingerprint density at radius 1 is 1.08 bits per heavy atom. The van der Waals surface area contributed by atoms with Crippen LogP contribution in [0.25, 0.3) is 0 Å². The van der Waals surface area contributed by atoms with Crippen molar-refractivity contribution in [2.45, 2.75) is 19.0 Å². The van der Waals surface area contributed by atoms with Crippen LogP contribution in [0.4, 0.5) is 5.69 Å². The predicted octanol–water partition coefficient (Wildman–Crippen LogP) is 2.69. The zero-order valence-corrected chi connectivity index (χ0v) is 14.4. The summed E-state index contributed by atoms with van der Waals surface area (Å²) in [6.07, 6.45) is 1.10. The molecule has 2 aliphatic rings. The zero-order chi connectivity index (χ0) is 16.9. The van der Waals surface area contributed by atoms with Gasteiger partial charge in [-0.2, -0.15) is 0 Å². The molecule has 2 aromatic rings.